The second kappa shape index (κ2) is 5.68. The lowest BCUT2D eigenvalue weighted by Crippen LogP contribution is -1.76. The Morgan fingerprint density at radius 2 is 1.25 bits per heavy atom. The molecule has 0 amide bonds. The highest BCUT2D eigenvalue weighted by atomic mass is 16.5. The molecule has 0 aliphatic heterocycles. The predicted octanol–water partition coefficient (Wildman–Crippen LogP) is -0.196. The molecule has 0 unspecified atom stereocenters. The highest BCUT2D eigenvalue weighted by Gasteiger charge is 1.67. The Balaban J connectivity index is 3.06. The maximum Gasteiger partial charge on any atom is 0.298 e. The Labute approximate surface area is 45.7 Å². The lowest BCUT2D eigenvalue weighted by molar-refractivity contribution is -0.126. The van der Waals surface area contributed by atoms with Crippen LogP contribution in [0.5, 0.6) is 0 Å². The quantitative estimate of drug-likeness (QED) is 0.377. The highest BCUT2D eigenvalue weighted by molar-refractivity contribution is 5.39. The molecule has 0 atom stereocenters. The van der Waals surface area contributed by atoms with E-state index in [1.54, 1.807) is 0 Å². The molecule has 4 nitrogen and oxygen atoms in total. The van der Waals surface area contributed by atoms with E-state index in [-0.39, 0.29) is 12.9 Å². The predicted molar refractivity (Wildman–Crippen MR) is 23.4 cm³/mol. The fourth-order valence-electron chi connectivity index (χ4n) is 0.128. The van der Waals surface area contributed by atoms with Crippen LogP contribution in [0.1, 0.15) is 0 Å². The smallest absolute Gasteiger partial charge is 0.298 e. The first-order valence-electron chi connectivity index (χ1n) is 1.75. The van der Waals surface area contributed by atoms with Crippen molar-refractivity contribution in [2.24, 2.45) is 0 Å². The molecule has 0 spiro atoms. The molecule has 0 aromatic carbocycles. The molecule has 0 saturated carbocycles. The summed E-state index contributed by atoms with van der Waals surface area (Å²) in [5, 5.41) is 0. The molecule has 0 aromatic rings. The first-order chi connectivity index (χ1) is 3.91. The van der Waals surface area contributed by atoms with Crippen LogP contribution in [-0.2, 0) is 19.1 Å². The van der Waals surface area contributed by atoms with Crippen LogP contribution in [0.25, 0.3) is 0 Å². The van der Waals surface area contributed by atoms with Crippen LogP contribution in [0.15, 0.2) is 12.5 Å². The van der Waals surface area contributed by atoms with Gasteiger partial charge in [-0.2, -0.15) is 0 Å². The molecule has 44 valence electrons. The Hall–Kier alpha value is -1.32. The normalized spacial score (nSPS) is 8.50. The van der Waals surface area contributed by atoms with Crippen LogP contribution >= 0.6 is 0 Å². The number of hydrogen-bond donors (Lipinski definition) is 0. The van der Waals surface area contributed by atoms with Crippen molar-refractivity contribution in [1.29, 1.82) is 0 Å². The Bertz CT molecular complexity index is 84.2. The van der Waals surface area contributed by atoms with Gasteiger partial charge in [0.05, 0.1) is 0 Å². The summed E-state index contributed by atoms with van der Waals surface area (Å²) in [6, 6.07) is 0. The summed E-state index contributed by atoms with van der Waals surface area (Å²) in [4.78, 5) is 18.7. The zero-order valence-electron chi connectivity index (χ0n) is 3.94. The summed E-state index contributed by atoms with van der Waals surface area (Å²) < 4.78 is 7.98. The lowest BCUT2D eigenvalue weighted by Gasteiger charge is -1.81. The molecule has 0 aliphatic rings. The van der Waals surface area contributed by atoms with Gasteiger partial charge in [-0.05, 0) is 0 Å². The van der Waals surface area contributed by atoms with Gasteiger partial charge in [0.15, 0.2) is 0 Å². The van der Waals surface area contributed by atoms with Gasteiger partial charge in [-0.1, -0.05) is 0 Å². The lowest BCUT2D eigenvalue weighted by atomic mass is 11.0. The van der Waals surface area contributed by atoms with Crippen LogP contribution in [0.4, 0.5) is 0 Å². The van der Waals surface area contributed by atoms with Crippen LogP contribution in [0.2, 0.25) is 0 Å². The molecule has 0 rings (SSSR count). The van der Waals surface area contributed by atoms with Gasteiger partial charge in [-0.3, -0.25) is 9.59 Å². The molecule has 0 fully saturated rings. The third-order valence-corrected chi connectivity index (χ3v) is 0.324. The summed E-state index contributed by atoms with van der Waals surface area (Å²) in [7, 11) is 0. The minimum absolute atomic E-state index is 0.213. The van der Waals surface area contributed by atoms with Crippen molar-refractivity contribution in [3.63, 3.8) is 0 Å². The van der Waals surface area contributed by atoms with Crippen LogP contribution in [-0.4, -0.2) is 12.9 Å². The number of carbonyl (C=O) groups excluding carboxylic acids is 2. The minimum Gasteiger partial charge on any atom is -0.433 e. The van der Waals surface area contributed by atoms with Gasteiger partial charge in [0.2, 0.25) is 0 Å². The molecular formula is C4H4O4. The molecule has 8 heavy (non-hydrogen) atoms. The van der Waals surface area contributed by atoms with Gasteiger partial charge in [0.25, 0.3) is 12.9 Å². The van der Waals surface area contributed by atoms with Gasteiger partial charge in [-0.25, -0.2) is 0 Å². The van der Waals surface area contributed by atoms with E-state index < -0.39 is 0 Å². The molecular weight excluding hydrogens is 112 g/mol. The zero-order valence-corrected chi connectivity index (χ0v) is 3.94. The van der Waals surface area contributed by atoms with Gasteiger partial charge in [0.1, 0.15) is 12.5 Å². The van der Waals surface area contributed by atoms with E-state index in [4.69, 9.17) is 0 Å². The third kappa shape index (κ3) is 4.68. The van der Waals surface area contributed by atoms with E-state index >= 15 is 0 Å². The summed E-state index contributed by atoms with van der Waals surface area (Å²) >= 11 is 0. The SMILES string of the molecule is O=COC=COC=O. The van der Waals surface area contributed by atoms with Crippen LogP contribution < -0.4 is 0 Å². The first-order valence-corrected chi connectivity index (χ1v) is 1.75. The number of hydrogen-bond acceptors (Lipinski definition) is 4. The van der Waals surface area contributed by atoms with Crippen molar-refractivity contribution < 1.29 is 19.1 Å². The van der Waals surface area contributed by atoms with Gasteiger partial charge >= 0.3 is 0 Å². The van der Waals surface area contributed by atoms with Crippen molar-refractivity contribution in [2.75, 3.05) is 0 Å². The average molecular weight is 116 g/mol. The molecule has 0 aromatic heterocycles. The van der Waals surface area contributed by atoms with E-state index in [9.17, 15) is 9.59 Å². The standard InChI is InChI=1S/C4H4O4/c5-3-7-1-2-8-4-6/h1-4H. The summed E-state index contributed by atoms with van der Waals surface area (Å²) in [6.07, 6.45) is 1.89. The number of ether oxygens (including phenoxy) is 2. The van der Waals surface area contributed by atoms with E-state index in [1.807, 2.05) is 0 Å². The Kier molecular flexibility index (Phi) is 4.74. The second-order valence-corrected chi connectivity index (χ2v) is 0.737. The number of rotatable bonds is 4. The summed E-state index contributed by atoms with van der Waals surface area (Å²) in [6.45, 7) is 0.426. The molecule has 0 aliphatic carbocycles. The van der Waals surface area contributed by atoms with E-state index in [1.165, 1.54) is 0 Å². The topological polar surface area (TPSA) is 52.6 Å². The van der Waals surface area contributed by atoms with Gasteiger partial charge < -0.3 is 9.47 Å². The summed E-state index contributed by atoms with van der Waals surface area (Å²) in [5.74, 6) is 0. The molecule has 4 heteroatoms. The van der Waals surface area contributed by atoms with Crippen molar-refractivity contribution in [3.8, 4) is 0 Å². The maximum atomic E-state index is 9.35. The van der Waals surface area contributed by atoms with E-state index in [0.717, 1.165) is 12.5 Å². The van der Waals surface area contributed by atoms with Crippen molar-refractivity contribution in [1.82, 2.24) is 0 Å². The molecule has 0 radical (unpaired) electrons. The van der Waals surface area contributed by atoms with Gasteiger partial charge in [0, 0.05) is 0 Å². The maximum absolute atomic E-state index is 9.35. The first kappa shape index (κ1) is 6.68. The van der Waals surface area contributed by atoms with Crippen molar-refractivity contribution in [2.45, 2.75) is 0 Å². The largest absolute Gasteiger partial charge is 0.433 e. The highest BCUT2D eigenvalue weighted by Crippen LogP contribution is 1.71. The minimum atomic E-state index is 0.213. The Morgan fingerprint density at radius 3 is 1.50 bits per heavy atom. The van der Waals surface area contributed by atoms with Crippen LogP contribution in [0, 0.1) is 0 Å². The summed E-state index contributed by atoms with van der Waals surface area (Å²) in [5.41, 5.74) is 0. The molecule has 0 N–H and O–H groups in total. The Morgan fingerprint density at radius 1 is 0.875 bits per heavy atom. The molecule has 0 saturated heterocycles. The van der Waals surface area contributed by atoms with E-state index in [0.29, 0.717) is 0 Å². The third-order valence-electron chi connectivity index (χ3n) is 0.324. The van der Waals surface area contributed by atoms with Crippen molar-refractivity contribution >= 4 is 12.9 Å². The fourth-order valence-corrected chi connectivity index (χ4v) is 0.128. The molecule has 0 bridgehead atoms. The van der Waals surface area contributed by atoms with Crippen molar-refractivity contribution in [3.05, 3.63) is 12.5 Å². The van der Waals surface area contributed by atoms with Crippen LogP contribution in [0.3, 0.4) is 0 Å². The molecule has 0 heterocycles. The fraction of sp³-hybridized carbons (Fsp3) is 0. The zero-order chi connectivity index (χ0) is 6.24. The monoisotopic (exact) mass is 116 g/mol. The second-order valence-electron chi connectivity index (χ2n) is 0.737. The van der Waals surface area contributed by atoms with E-state index in [2.05, 4.69) is 9.47 Å². The number of carbonyl (C=O) groups is 2. The van der Waals surface area contributed by atoms with Gasteiger partial charge in [-0.15, -0.1) is 0 Å². The average Bonchev–Trinajstić information content (AvgIpc) is 1.81.